The minimum Gasteiger partial charge on any atom is -0.466 e. The molecule has 70 heavy (non-hydrogen) atoms. The number of carbonyl (C=O) groups is 2. The molecule has 1 amide bonds. The lowest BCUT2D eigenvalue weighted by Gasteiger charge is -2.20. The van der Waals surface area contributed by atoms with Crippen LogP contribution in [-0.2, 0) is 14.3 Å². The Morgan fingerprint density at radius 2 is 0.671 bits per heavy atom. The molecule has 0 aliphatic heterocycles. The molecule has 0 aromatic rings. The summed E-state index contributed by atoms with van der Waals surface area (Å²) < 4.78 is 5.50. The molecule has 0 aromatic heterocycles. The minimum absolute atomic E-state index is 0.00835. The minimum atomic E-state index is -0.850. The zero-order valence-corrected chi connectivity index (χ0v) is 47.3. The van der Waals surface area contributed by atoms with Crippen LogP contribution < -0.4 is 5.32 Å². The summed E-state index contributed by atoms with van der Waals surface area (Å²) in [6.07, 6.45) is 73.6. The van der Waals surface area contributed by atoms with Crippen LogP contribution in [0.2, 0.25) is 0 Å². The largest absolute Gasteiger partial charge is 0.466 e. The second-order valence-corrected chi connectivity index (χ2v) is 21.7. The number of esters is 1. The number of aliphatic hydroxyl groups is 2. The second kappa shape index (κ2) is 59.9. The molecule has 0 fully saturated rings. The van der Waals surface area contributed by atoms with Gasteiger partial charge in [-0.25, -0.2) is 0 Å². The smallest absolute Gasteiger partial charge is 0.305 e. The molecule has 0 spiro atoms. The SMILES string of the molecule is CCCCCCCCCCCCCCC/C=C/C(O)C(CO)NC(=O)CCCCCCCCC/C=C\CCCCCCCCCCOC(=O)CCCCCCCCCCCCCCCCCCCCC. The molecule has 6 nitrogen and oxygen atoms in total. The Kier molecular flexibility index (Phi) is 58.5. The first-order valence-corrected chi connectivity index (χ1v) is 31.6. The van der Waals surface area contributed by atoms with Gasteiger partial charge in [-0.05, 0) is 57.8 Å². The van der Waals surface area contributed by atoms with E-state index in [4.69, 9.17) is 4.74 Å². The van der Waals surface area contributed by atoms with Crippen molar-refractivity contribution in [3.05, 3.63) is 24.3 Å². The van der Waals surface area contributed by atoms with Crippen molar-refractivity contribution in [3.63, 3.8) is 0 Å². The van der Waals surface area contributed by atoms with E-state index >= 15 is 0 Å². The molecule has 0 saturated heterocycles. The zero-order valence-electron chi connectivity index (χ0n) is 47.3. The molecular weight excluding hydrogens is 863 g/mol. The summed E-state index contributed by atoms with van der Waals surface area (Å²) in [4.78, 5) is 24.6. The van der Waals surface area contributed by atoms with Crippen LogP contribution in [0.15, 0.2) is 24.3 Å². The number of unbranched alkanes of at least 4 members (excludes halogenated alkanes) is 46. The summed E-state index contributed by atoms with van der Waals surface area (Å²) >= 11 is 0. The van der Waals surface area contributed by atoms with Gasteiger partial charge in [0, 0.05) is 12.8 Å². The third-order valence-electron chi connectivity index (χ3n) is 14.7. The van der Waals surface area contributed by atoms with E-state index in [9.17, 15) is 19.8 Å². The normalized spacial score (nSPS) is 12.7. The summed E-state index contributed by atoms with van der Waals surface area (Å²) in [5.74, 6) is -0.0675. The molecule has 0 aliphatic rings. The fourth-order valence-corrected chi connectivity index (χ4v) is 9.87. The highest BCUT2D eigenvalue weighted by atomic mass is 16.5. The standard InChI is InChI=1S/C64H123NO5/c1-3-5-7-9-11-13-15-17-19-20-22-26-30-34-38-42-46-50-54-58-64(69)70-59-55-51-47-43-39-35-31-27-24-21-23-25-29-33-37-41-45-49-53-57-63(68)65-61(60-66)62(67)56-52-48-44-40-36-32-28-18-16-14-12-10-8-6-4-2/h21,23,52,56,61-62,66-67H,3-20,22,24-51,53-55,57-60H2,1-2H3,(H,65,68)/b23-21-,56-52+. The first kappa shape index (κ1) is 68.3. The van der Waals surface area contributed by atoms with Crippen LogP contribution in [0.4, 0.5) is 0 Å². The van der Waals surface area contributed by atoms with Crippen molar-refractivity contribution in [2.45, 2.75) is 360 Å². The van der Waals surface area contributed by atoms with Crippen LogP contribution in [0.25, 0.3) is 0 Å². The second-order valence-electron chi connectivity index (χ2n) is 21.7. The first-order valence-electron chi connectivity index (χ1n) is 31.6. The Morgan fingerprint density at radius 3 is 1.01 bits per heavy atom. The van der Waals surface area contributed by atoms with Crippen molar-refractivity contribution < 1.29 is 24.5 Å². The van der Waals surface area contributed by atoms with Gasteiger partial charge in [-0.3, -0.25) is 9.59 Å². The topological polar surface area (TPSA) is 95.9 Å². The molecule has 0 heterocycles. The van der Waals surface area contributed by atoms with Crippen LogP contribution >= 0.6 is 0 Å². The summed E-state index contributed by atoms with van der Waals surface area (Å²) in [6, 6.07) is -0.634. The van der Waals surface area contributed by atoms with Gasteiger partial charge < -0.3 is 20.3 Å². The molecular formula is C64H123NO5. The Balaban J connectivity index is 3.43. The predicted molar refractivity (Wildman–Crippen MR) is 306 cm³/mol. The monoisotopic (exact) mass is 986 g/mol. The maximum absolute atomic E-state index is 12.5. The maximum Gasteiger partial charge on any atom is 0.305 e. The molecule has 414 valence electrons. The van der Waals surface area contributed by atoms with Crippen molar-refractivity contribution in [2.24, 2.45) is 0 Å². The molecule has 3 N–H and O–H groups in total. The highest BCUT2D eigenvalue weighted by Gasteiger charge is 2.18. The Bertz CT molecular complexity index is 1090. The van der Waals surface area contributed by atoms with E-state index in [1.807, 2.05) is 6.08 Å². The molecule has 0 aromatic carbocycles. The quantitative estimate of drug-likeness (QED) is 0.0321. The van der Waals surface area contributed by atoms with E-state index in [1.165, 1.54) is 276 Å². The van der Waals surface area contributed by atoms with Crippen LogP contribution in [0.5, 0.6) is 0 Å². The summed E-state index contributed by atoms with van der Waals surface area (Å²) in [6.45, 7) is 4.92. The summed E-state index contributed by atoms with van der Waals surface area (Å²) in [5.41, 5.74) is 0. The fourth-order valence-electron chi connectivity index (χ4n) is 9.87. The number of amides is 1. The van der Waals surface area contributed by atoms with Crippen LogP contribution in [-0.4, -0.2) is 47.4 Å². The summed E-state index contributed by atoms with van der Waals surface area (Å²) in [7, 11) is 0. The first-order chi connectivity index (χ1) is 34.5. The van der Waals surface area contributed by atoms with E-state index in [0.717, 1.165) is 44.9 Å². The van der Waals surface area contributed by atoms with Crippen molar-refractivity contribution in [1.29, 1.82) is 0 Å². The van der Waals surface area contributed by atoms with Crippen molar-refractivity contribution in [2.75, 3.05) is 13.2 Å². The molecule has 6 heteroatoms. The third kappa shape index (κ3) is 55.7. The number of nitrogens with one attached hydrogen (secondary N) is 1. The van der Waals surface area contributed by atoms with Gasteiger partial charge in [-0.2, -0.15) is 0 Å². The Hall–Kier alpha value is -1.66. The lowest BCUT2D eigenvalue weighted by Crippen LogP contribution is -2.45. The number of hydrogen-bond acceptors (Lipinski definition) is 5. The lowest BCUT2D eigenvalue weighted by atomic mass is 10.0. The highest BCUT2D eigenvalue weighted by molar-refractivity contribution is 5.76. The zero-order chi connectivity index (χ0) is 50.7. The van der Waals surface area contributed by atoms with Gasteiger partial charge >= 0.3 is 5.97 Å². The fraction of sp³-hybridized carbons (Fsp3) is 0.906. The van der Waals surface area contributed by atoms with Crippen molar-refractivity contribution in [1.82, 2.24) is 5.32 Å². The van der Waals surface area contributed by atoms with Gasteiger partial charge in [0.05, 0.1) is 25.4 Å². The van der Waals surface area contributed by atoms with Gasteiger partial charge in [0.25, 0.3) is 0 Å². The van der Waals surface area contributed by atoms with Crippen molar-refractivity contribution >= 4 is 11.9 Å². The molecule has 2 unspecified atom stereocenters. The molecule has 0 bridgehead atoms. The van der Waals surface area contributed by atoms with E-state index in [-0.39, 0.29) is 18.5 Å². The average molecular weight is 987 g/mol. The Labute approximate surface area is 437 Å². The highest BCUT2D eigenvalue weighted by Crippen LogP contribution is 2.17. The van der Waals surface area contributed by atoms with Gasteiger partial charge in [-0.15, -0.1) is 0 Å². The maximum atomic E-state index is 12.5. The van der Waals surface area contributed by atoms with Gasteiger partial charge in [0.1, 0.15) is 0 Å². The number of allylic oxidation sites excluding steroid dienone is 3. The molecule has 0 radical (unpaired) electrons. The number of aliphatic hydroxyl groups excluding tert-OH is 2. The predicted octanol–water partition coefficient (Wildman–Crippen LogP) is 19.8. The van der Waals surface area contributed by atoms with Crippen LogP contribution in [0.3, 0.4) is 0 Å². The van der Waals surface area contributed by atoms with Gasteiger partial charge in [-0.1, -0.05) is 301 Å². The lowest BCUT2D eigenvalue weighted by molar-refractivity contribution is -0.143. The molecule has 0 saturated carbocycles. The third-order valence-corrected chi connectivity index (χ3v) is 14.7. The van der Waals surface area contributed by atoms with E-state index in [1.54, 1.807) is 6.08 Å². The van der Waals surface area contributed by atoms with E-state index in [0.29, 0.717) is 19.4 Å². The number of hydrogen-bond donors (Lipinski definition) is 3. The van der Waals surface area contributed by atoms with Gasteiger partial charge in [0.15, 0.2) is 0 Å². The number of ether oxygens (including phenoxy) is 1. The number of carbonyl (C=O) groups excluding carboxylic acids is 2. The number of rotatable bonds is 59. The summed E-state index contributed by atoms with van der Waals surface area (Å²) in [5, 5.41) is 23.1. The van der Waals surface area contributed by atoms with E-state index in [2.05, 4.69) is 31.3 Å². The molecule has 0 rings (SSSR count). The average Bonchev–Trinajstić information content (AvgIpc) is 3.36. The molecule has 0 aliphatic carbocycles. The van der Waals surface area contributed by atoms with Crippen LogP contribution in [0, 0.1) is 0 Å². The van der Waals surface area contributed by atoms with Crippen LogP contribution in [0.1, 0.15) is 348 Å². The molecule has 2 atom stereocenters. The van der Waals surface area contributed by atoms with Gasteiger partial charge in [0.2, 0.25) is 5.91 Å². The van der Waals surface area contributed by atoms with E-state index < -0.39 is 12.1 Å². The Morgan fingerprint density at radius 1 is 0.386 bits per heavy atom. The van der Waals surface area contributed by atoms with Crippen molar-refractivity contribution in [3.8, 4) is 0 Å².